The van der Waals surface area contributed by atoms with Gasteiger partial charge in [0.05, 0.1) is 18.6 Å². The van der Waals surface area contributed by atoms with E-state index in [9.17, 15) is 4.79 Å². The molecule has 18 heavy (non-hydrogen) atoms. The second-order valence-electron chi connectivity index (χ2n) is 3.64. The molecule has 0 aliphatic carbocycles. The number of benzene rings is 1. The average molecular weight is 263 g/mol. The van der Waals surface area contributed by atoms with Crippen molar-refractivity contribution in [3.05, 3.63) is 29.8 Å². The first-order chi connectivity index (χ1) is 8.70. The standard InChI is InChI=1S/C12H13N3O2S/c1-8-11(16)14-12(18-8)15-13-7-9-5-3-4-6-10(9)17-2/h3-8H,1-2H3,(H,14,15,16)/b13-7-/t8-/m1/s1. The topological polar surface area (TPSA) is 63.1 Å². The van der Waals surface area contributed by atoms with Crippen LogP contribution < -0.4 is 10.1 Å². The minimum atomic E-state index is -0.106. The van der Waals surface area contributed by atoms with Crippen LogP contribution in [0.1, 0.15) is 12.5 Å². The Labute approximate surface area is 109 Å². The highest BCUT2D eigenvalue weighted by molar-refractivity contribution is 8.15. The normalized spacial score (nSPS) is 21.6. The molecule has 1 aromatic carbocycles. The van der Waals surface area contributed by atoms with Crippen molar-refractivity contribution in [3.63, 3.8) is 0 Å². The Hall–Kier alpha value is -1.82. The molecule has 0 bridgehead atoms. The molecule has 94 valence electrons. The zero-order chi connectivity index (χ0) is 13.0. The molecular formula is C12H13N3O2S. The monoisotopic (exact) mass is 263 g/mol. The van der Waals surface area contributed by atoms with Gasteiger partial charge in [-0.1, -0.05) is 23.9 Å². The van der Waals surface area contributed by atoms with E-state index in [-0.39, 0.29) is 11.2 Å². The predicted molar refractivity (Wildman–Crippen MR) is 73.2 cm³/mol. The first-order valence-corrected chi connectivity index (χ1v) is 6.30. The number of ether oxygens (including phenoxy) is 1. The number of methoxy groups -OCH3 is 1. The van der Waals surface area contributed by atoms with Crippen molar-refractivity contribution in [2.45, 2.75) is 12.2 Å². The number of para-hydroxylation sites is 1. The maximum absolute atomic E-state index is 11.2. The Morgan fingerprint density at radius 3 is 2.89 bits per heavy atom. The fourth-order valence-corrected chi connectivity index (χ4v) is 2.18. The summed E-state index contributed by atoms with van der Waals surface area (Å²) < 4.78 is 5.19. The summed E-state index contributed by atoms with van der Waals surface area (Å²) >= 11 is 1.36. The van der Waals surface area contributed by atoms with Crippen molar-refractivity contribution in [2.24, 2.45) is 10.2 Å². The lowest BCUT2D eigenvalue weighted by Gasteiger charge is -2.01. The van der Waals surface area contributed by atoms with E-state index in [0.717, 1.165) is 11.3 Å². The number of nitrogens with one attached hydrogen (secondary N) is 1. The third-order valence-corrected chi connectivity index (χ3v) is 3.35. The summed E-state index contributed by atoms with van der Waals surface area (Å²) in [6, 6.07) is 7.51. The lowest BCUT2D eigenvalue weighted by molar-refractivity contribution is -0.118. The number of amides is 1. The van der Waals surface area contributed by atoms with Crippen molar-refractivity contribution in [2.75, 3.05) is 7.11 Å². The molecule has 1 heterocycles. The van der Waals surface area contributed by atoms with Gasteiger partial charge in [-0.15, -0.1) is 5.10 Å². The highest BCUT2D eigenvalue weighted by Gasteiger charge is 2.25. The Morgan fingerprint density at radius 2 is 2.22 bits per heavy atom. The van der Waals surface area contributed by atoms with Gasteiger partial charge in [0, 0.05) is 5.56 Å². The quantitative estimate of drug-likeness (QED) is 0.666. The van der Waals surface area contributed by atoms with E-state index in [4.69, 9.17) is 4.74 Å². The predicted octanol–water partition coefficient (Wildman–Crippen LogP) is 1.64. The number of carbonyl (C=O) groups excluding carboxylic acids is 1. The SMILES string of the molecule is COc1ccccc1/C=N\N=C1\NC(=O)[C@@H](C)S1. The van der Waals surface area contributed by atoms with E-state index < -0.39 is 0 Å². The molecule has 5 nitrogen and oxygen atoms in total. The van der Waals surface area contributed by atoms with Gasteiger partial charge in [-0.05, 0) is 19.1 Å². The van der Waals surface area contributed by atoms with Gasteiger partial charge in [0.15, 0.2) is 5.17 Å². The molecule has 0 radical (unpaired) electrons. The van der Waals surface area contributed by atoms with Gasteiger partial charge in [-0.3, -0.25) is 4.79 Å². The van der Waals surface area contributed by atoms with Crippen LogP contribution in [0.4, 0.5) is 0 Å². The van der Waals surface area contributed by atoms with Crippen LogP contribution in [-0.4, -0.2) is 29.6 Å². The summed E-state index contributed by atoms with van der Waals surface area (Å²) in [4.78, 5) is 11.2. The lowest BCUT2D eigenvalue weighted by atomic mass is 10.2. The summed E-state index contributed by atoms with van der Waals surface area (Å²) in [5, 5.41) is 11.0. The molecule has 0 aromatic heterocycles. The number of amidine groups is 1. The number of thioether (sulfide) groups is 1. The molecule has 1 atom stereocenters. The molecule has 1 aliphatic heterocycles. The third kappa shape index (κ3) is 2.89. The molecule has 0 saturated carbocycles. The van der Waals surface area contributed by atoms with E-state index in [1.54, 1.807) is 13.3 Å². The first kappa shape index (κ1) is 12.6. The molecular weight excluding hydrogens is 250 g/mol. The molecule has 1 N–H and O–H groups in total. The minimum Gasteiger partial charge on any atom is -0.496 e. The lowest BCUT2D eigenvalue weighted by Crippen LogP contribution is -2.23. The van der Waals surface area contributed by atoms with Crippen molar-refractivity contribution in [1.82, 2.24) is 5.32 Å². The molecule has 0 unspecified atom stereocenters. The maximum atomic E-state index is 11.2. The summed E-state index contributed by atoms with van der Waals surface area (Å²) in [5.41, 5.74) is 0.840. The van der Waals surface area contributed by atoms with Crippen molar-refractivity contribution < 1.29 is 9.53 Å². The smallest absolute Gasteiger partial charge is 0.239 e. The summed E-state index contributed by atoms with van der Waals surface area (Å²) in [7, 11) is 1.60. The van der Waals surface area contributed by atoms with E-state index in [1.165, 1.54) is 11.8 Å². The number of carbonyl (C=O) groups is 1. The molecule has 1 amide bonds. The van der Waals surface area contributed by atoms with Gasteiger partial charge in [-0.25, -0.2) is 0 Å². The van der Waals surface area contributed by atoms with Crippen molar-refractivity contribution >= 4 is 29.1 Å². The zero-order valence-electron chi connectivity index (χ0n) is 10.1. The van der Waals surface area contributed by atoms with E-state index in [1.807, 2.05) is 31.2 Å². The zero-order valence-corrected chi connectivity index (χ0v) is 10.9. The summed E-state index contributed by atoms with van der Waals surface area (Å²) in [6.45, 7) is 1.83. The van der Waals surface area contributed by atoms with Gasteiger partial charge in [-0.2, -0.15) is 5.10 Å². The van der Waals surface area contributed by atoms with Crippen molar-refractivity contribution in [3.8, 4) is 5.75 Å². The Morgan fingerprint density at radius 1 is 1.44 bits per heavy atom. The van der Waals surface area contributed by atoms with Gasteiger partial charge in [0.1, 0.15) is 5.75 Å². The number of hydrogen-bond donors (Lipinski definition) is 1. The fourth-order valence-electron chi connectivity index (χ4n) is 1.42. The average Bonchev–Trinajstić information content (AvgIpc) is 2.69. The molecule has 1 saturated heterocycles. The van der Waals surface area contributed by atoms with E-state index in [2.05, 4.69) is 15.5 Å². The van der Waals surface area contributed by atoms with E-state index >= 15 is 0 Å². The maximum Gasteiger partial charge on any atom is 0.239 e. The van der Waals surface area contributed by atoms with Crippen LogP contribution in [0.5, 0.6) is 5.75 Å². The molecule has 1 aromatic rings. The van der Waals surface area contributed by atoms with Crippen LogP contribution in [0.3, 0.4) is 0 Å². The minimum absolute atomic E-state index is 0.0359. The van der Waals surface area contributed by atoms with Crippen LogP contribution in [0.25, 0.3) is 0 Å². The van der Waals surface area contributed by atoms with Gasteiger partial charge in [0.25, 0.3) is 0 Å². The van der Waals surface area contributed by atoms with Crippen LogP contribution in [0.15, 0.2) is 34.5 Å². The molecule has 1 aliphatic rings. The summed E-state index contributed by atoms with van der Waals surface area (Å²) in [5.74, 6) is 0.698. The van der Waals surface area contributed by atoms with Crippen LogP contribution >= 0.6 is 11.8 Å². The molecule has 0 spiro atoms. The highest BCUT2D eigenvalue weighted by atomic mass is 32.2. The number of hydrogen-bond acceptors (Lipinski definition) is 5. The summed E-state index contributed by atoms with van der Waals surface area (Å²) in [6.07, 6.45) is 1.60. The largest absolute Gasteiger partial charge is 0.496 e. The fraction of sp³-hybridized carbons (Fsp3) is 0.250. The second-order valence-corrected chi connectivity index (χ2v) is 4.97. The van der Waals surface area contributed by atoms with Gasteiger partial charge in [0.2, 0.25) is 5.91 Å². The van der Waals surface area contributed by atoms with Crippen LogP contribution in [0.2, 0.25) is 0 Å². The molecule has 1 fully saturated rings. The molecule has 6 heteroatoms. The van der Waals surface area contributed by atoms with Crippen LogP contribution in [0, 0.1) is 0 Å². The number of nitrogens with zero attached hydrogens (tertiary/aromatic N) is 2. The second kappa shape index (κ2) is 5.68. The Bertz CT molecular complexity index is 514. The van der Waals surface area contributed by atoms with Gasteiger partial charge < -0.3 is 10.1 Å². The van der Waals surface area contributed by atoms with Crippen molar-refractivity contribution in [1.29, 1.82) is 0 Å². The first-order valence-electron chi connectivity index (χ1n) is 5.42. The Kier molecular flexibility index (Phi) is 3.99. The van der Waals surface area contributed by atoms with Gasteiger partial charge >= 0.3 is 0 Å². The Balaban J connectivity index is 2.08. The van der Waals surface area contributed by atoms with Crippen LogP contribution in [-0.2, 0) is 4.79 Å². The molecule has 2 rings (SSSR count). The third-order valence-electron chi connectivity index (χ3n) is 2.37. The number of rotatable bonds is 3. The van der Waals surface area contributed by atoms with E-state index in [0.29, 0.717) is 5.17 Å². The highest BCUT2D eigenvalue weighted by Crippen LogP contribution is 2.18.